The molecular formula is C9H11F3N2O2. The SMILES string of the molecule is Cc1cc(CN(C)C(=O)CC(F)(F)F)no1. The van der Waals surface area contributed by atoms with Gasteiger partial charge in [-0.25, -0.2) is 0 Å². The molecule has 0 atom stereocenters. The van der Waals surface area contributed by atoms with Gasteiger partial charge in [-0.3, -0.25) is 4.79 Å². The van der Waals surface area contributed by atoms with E-state index < -0.39 is 18.5 Å². The van der Waals surface area contributed by atoms with Crippen molar-refractivity contribution in [2.45, 2.75) is 26.1 Å². The molecule has 0 spiro atoms. The highest BCUT2D eigenvalue weighted by molar-refractivity contribution is 5.76. The van der Waals surface area contributed by atoms with Crippen LogP contribution in [0.4, 0.5) is 13.2 Å². The first-order valence-corrected chi connectivity index (χ1v) is 4.51. The molecule has 1 rings (SSSR count). The Balaban J connectivity index is 2.52. The summed E-state index contributed by atoms with van der Waals surface area (Å²) in [7, 11) is 1.29. The summed E-state index contributed by atoms with van der Waals surface area (Å²) in [6, 6.07) is 1.57. The van der Waals surface area contributed by atoms with Crippen LogP contribution >= 0.6 is 0 Å². The molecular weight excluding hydrogens is 225 g/mol. The van der Waals surface area contributed by atoms with Crippen molar-refractivity contribution in [2.75, 3.05) is 7.05 Å². The number of carbonyl (C=O) groups excluding carboxylic acids is 1. The van der Waals surface area contributed by atoms with E-state index in [-0.39, 0.29) is 6.54 Å². The zero-order chi connectivity index (χ0) is 12.3. The fourth-order valence-electron chi connectivity index (χ4n) is 1.13. The number of aromatic nitrogens is 1. The van der Waals surface area contributed by atoms with Crippen LogP contribution in [0.15, 0.2) is 10.6 Å². The van der Waals surface area contributed by atoms with Crippen molar-refractivity contribution >= 4 is 5.91 Å². The topological polar surface area (TPSA) is 46.3 Å². The highest BCUT2D eigenvalue weighted by atomic mass is 19.4. The van der Waals surface area contributed by atoms with E-state index in [1.165, 1.54) is 7.05 Å². The van der Waals surface area contributed by atoms with Gasteiger partial charge in [0.05, 0.1) is 6.54 Å². The minimum absolute atomic E-state index is 0.00620. The molecule has 0 aliphatic rings. The summed E-state index contributed by atoms with van der Waals surface area (Å²) >= 11 is 0. The van der Waals surface area contributed by atoms with Gasteiger partial charge in [-0.15, -0.1) is 0 Å². The van der Waals surface area contributed by atoms with Crippen LogP contribution < -0.4 is 0 Å². The van der Waals surface area contributed by atoms with Crippen LogP contribution in [0.2, 0.25) is 0 Å². The number of amides is 1. The first-order chi connectivity index (χ1) is 7.28. The molecule has 4 nitrogen and oxygen atoms in total. The summed E-state index contributed by atoms with van der Waals surface area (Å²) in [5, 5.41) is 3.58. The van der Waals surface area contributed by atoms with Crippen LogP contribution in [-0.4, -0.2) is 29.2 Å². The fourth-order valence-corrected chi connectivity index (χ4v) is 1.13. The van der Waals surface area contributed by atoms with Crippen LogP contribution in [0.1, 0.15) is 17.9 Å². The van der Waals surface area contributed by atoms with Gasteiger partial charge >= 0.3 is 6.18 Å². The second-order valence-corrected chi connectivity index (χ2v) is 3.47. The van der Waals surface area contributed by atoms with Crippen LogP contribution in [-0.2, 0) is 11.3 Å². The highest BCUT2D eigenvalue weighted by Crippen LogP contribution is 2.20. The zero-order valence-electron chi connectivity index (χ0n) is 8.84. The van der Waals surface area contributed by atoms with Gasteiger partial charge in [0.1, 0.15) is 17.9 Å². The number of hydrogen-bond acceptors (Lipinski definition) is 3. The molecule has 1 aromatic heterocycles. The third-order valence-corrected chi connectivity index (χ3v) is 1.85. The lowest BCUT2D eigenvalue weighted by molar-refractivity contribution is -0.160. The lowest BCUT2D eigenvalue weighted by atomic mass is 10.3. The maximum atomic E-state index is 11.9. The van der Waals surface area contributed by atoms with E-state index in [4.69, 9.17) is 4.52 Å². The van der Waals surface area contributed by atoms with Crippen LogP contribution in [0, 0.1) is 6.92 Å². The van der Waals surface area contributed by atoms with E-state index in [1.54, 1.807) is 13.0 Å². The van der Waals surface area contributed by atoms with E-state index in [0.29, 0.717) is 11.5 Å². The largest absolute Gasteiger partial charge is 0.397 e. The Bertz CT molecular complexity index is 373. The van der Waals surface area contributed by atoms with Gasteiger partial charge in [0.25, 0.3) is 0 Å². The average Bonchev–Trinajstić information content (AvgIpc) is 2.48. The minimum Gasteiger partial charge on any atom is -0.361 e. The van der Waals surface area contributed by atoms with E-state index in [1.807, 2.05) is 0 Å². The van der Waals surface area contributed by atoms with E-state index >= 15 is 0 Å². The molecule has 0 saturated heterocycles. The van der Waals surface area contributed by atoms with Gasteiger partial charge in [-0.2, -0.15) is 13.2 Å². The van der Waals surface area contributed by atoms with Gasteiger partial charge in [0.2, 0.25) is 5.91 Å². The van der Waals surface area contributed by atoms with Crippen LogP contribution in [0.3, 0.4) is 0 Å². The second-order valence-electron chi connectivity index (χ2n) is 3.47. The predicted octanol–water partition coefficient (Wildman–Crippen LogP) is 1.89. The molecule has 1 aromatic rings. The number of hydrogen-bond donors (Lipinski definition) is 0. The molecule has 7 heteroatoms. The number of rotatable bonds is 3. The molecule has 0 bridgehead atoms. The summed E-state index contributed by atoms with van der Waals surface area (Å²) in [6.45, 7) is 1.67. The van der Waals surface area contributed by atoms with Gasteiger partial charge in [0, 0.05) is 13.1 Å². The van der Waals surface area contributed by atoms with Gasteiger partial charge in [-0.05, 0) is 6.92 Å². The normalized spacial score (nSPS) is 11.6. The molecule has 0 aliphatic carbocycles. The number of nitrogens with zero attached hydrogens (tertiary/aromatic N) is 2. The van der Waals surface area contributed by atoms with Crippen molar-refractivity contribution in [1.82, 2.24) is 10.1 Å². The molecule has 16 heavy (non-hydrogen) atoms. The molecule has 0 N–H and O–H groups in total. The van der Waals surface area contributed by atoms with Crippen molar-refractivity contribution in [1.29, 1.82) is 0 Å². The quantitative estimate of drug-likeness (QED) is 0.805. The summed E-state index contributed by atoms with van der Waals surface area (Å²) in [5.74, 6) is -0.445. The lowest BCUT2D eigenvalue weighted by Crippen LogP contribution is -2.30. The summed E-state index contributed by atoms with van der Waals surface area (Å²) in [4.78, 5) is 12.1. The number of alkyl halides is 3. The third-order valence-electron chi connectivity index (χ3n) is 1.85. The monoisotopic (exact) mass is 236 g/mol. The van der Waals surface area contributed by atoms with Gasteiger partial charge in [-0.1, -0.05) is 5.16 Å². The lowest BCUT2D eigenvalue weighted by Gasteiger charge is -2.16. The summed E-state index contributed by atoms with van der Waals surface area (Å²) < 4.78 is 40.5. The van der Waals surface area contributed by atoms with Gasteiger partial charge in [0.15, 0.2) is 0 Å². The van der Waals surface area contributed by atoms with Crippen molar-refractivity contribution in [2.24, 2.45) is 0 Å². The first kappa shape index (κ1) is 12.5. The highest BCUT2D eigenvalue weighted by Gasteiger charge is 2.32. The Morgan fingerprint density at radius 3 is 2.62 bits per heavy atom. The van der Waals surface area contributed by atoms with Crippen LogP contribution in [0.25, 0.3) is 0 Å². The Hall–Kier alpha value is -1.53. The number of aryl methyl sites for hydroxylation is 1. The molecule has 0 aliphatic heterocycles. The predicted molar refractivity (Wildman–Crippen MR) is 48.4 cm³/mol. The number of carbonyl (C=O) groups is 1. The fraction of sp³-hybridized carbons (Fsp3) is 0.556. The Morgan fingerprint density at radius 2 is 2.19 bits per heavy atom. The molecule has 0 aromatic carbocycles. The maximum absolute atomic E-state index is 11.9. The number of halogens is 3. The van der Waals surface area contributed by atoms with E-state index in [2.05, 4.69) is 5.16 Å². The Kier molecular flexibility index (Phi) is 3.56. The molecule has 0 unspecified atom stereocenters. The molecule has 1 amide bonds. The van der Waals surface area contributed by atoms with Crippen molar-refractivity contribution in [3.8, 4) is 0 Å². The molecule has 0 saturated carbocycles. The first-order valence-electron chi connectivity index (χ1n) is 4.51. The zero-order valence-corrected chi connectivity index (χ0v) is 8.84. The smallest absolute Gasteiger partial charge is 0.361 e. The molecule has 0 fully saturated rings. The summed E-state index contributed by atoms with van der Waals surface area (Å²) in [6.07, 6.45) is -5.94. The van der Waals surface area contributed by atoms with Crippen LogP contribution in [0.5, 0.6) is 0 Å². The maximum Gasteiger partial charge on any atom is 0.397 e. The second kappa shape index (κ2) is 4.54. The van der Waals surface area contributed by atoms with E-state index in [0.717, 1.165) is 4.90 Å². The van der Waals surface area contributed by atoms with Crippen molar-refractivity contribution in [3.05, 3.63) is 17.5 Å². The molecule has 1 heterocycles. The minimum atomic E-state index is -4.48. The van der Waals surface area contributed by atoms with E-state index in [9.17, 15) is 18.0 Å². The standard InChI is InChI=1S/C9H11F3N2O2/c1-6-3-7(13-16-6)5-14(2)8(15)4-9(10,11)12/h3H,4-5H2,1-2H3. The Morgan fingerprint density at radius 1 is 1.56 bits per heavy atom. The third kappa shape index (κ3) is 3.92. The molecule has 0 radical (unpaired) electrons. The van der Waals surface area contributed by atoms with Gasteiger partial charge < -0.3 is 9.42 Å². The molecule has 90 valence electrons. The van der Waals surface area contributed by atoms with Crippen molar-refractivity contribution in [3.63, 3.8) is 0 Å². The van der Waals surface area contributed by atoms with Crippen molar-refractivity contribution < 1.29 is 22.5 Å². The average molecular weight is 236 g/mol. The Labute approximate surface area is 90.0 Å². The summed E-state index contributed by atoms with van der Waals surface area (Å²) in [5.41, 5.74) is 0.426.